The summed E-state index contributed by atoms with van der Waals surface area (Å²) in [7, 11) is -4.12. The molecule has 0 saturated carbocycles. The molecule has 0 spiro atoms. The van der Waals surface area contributed by atoms with E-state index in [1.807, 2.05) is 18.2 Å². The van der Waals surface area contributed by atoms with Gasteiger partial charge >= 0.3 is 11.9 Å². The van der Waals surface area contributed by atoms with E-state index in [0.717, 1.165) is 23.1 Å². The molecule has 13 heteroatoms. The summed E-state index contributed by atoms with van der Waals surface area (Å²) in [6.07, 6.45) is -0.583. The maximum absolute atomic E-state index is 12.7. The third kappa shape index (κ3) is 8.40. The van der Waals surface area contributed by atoms with E-state index in [2.05, 4.69) is 10.0 Å². The Labute approximate surface area is 227 Å². The number of Topliss-reactive ketones (excluding diaryl/α,β-unsaturated/α-hetero) is 1. The molecule has 5 N–H and O–H groups in total. The number of aromatic hydroxyl groups is 1. The molecule has 1 amide bonds. The lowest BCUT2D eigenvalue weighted by Crippen LogP contribution is -2.43. The Morgan fingerprint density at radius 2 is 1.56 bits per heavy atom. The van der Waals surface area contributed by atoms with Crippen molar-refractivity contribution in [2.24, 2.45) is 0 Å². The topological polar surface area (TPSA) is 187 Å². The fourth-order valence-corrected chi connectivity index (χ4v) is 5.23. The SMILES string of the molecule is O=C(O)C[C@H](NC(=O)c1ccc(CNS(=O)(=O)c2ccc(O)c(C(=O)O)c2)cc1)C(=O)CSc1ccccc1. The highest BCUT2D eigenvalue weighted by atomic mass is 32.2. The molecular formula is C26H24N2O9S2. The first-order valence-electron chi connectivity index (χ1n) is 11.3. The lowest BCUT2D eigenvalue weighted by molar-refractivity contribution is -0.139. The van der Waals surface area contributed by atoms with Crippen molar-refractivity contribution in [3.8, 4) is 5.75 Å². The minimum Gasteiger partial charge on any atom is -0.507 e. The Morgan fingerprint density at radius 1 is 0.897 bits per heavy atom. The van der Waals surface area contributed by atoms with Crippen LogP contribution < -0.4 is 10.0 Å². The van der Waals surface area contributed by atoms with Crippen LogP contribution in [-0.2, 0) is 26.2 Å². The summed E-state index contributed by atoms with van der Waals surface area (Å²) < 4.78 is 27.4. The average Bonchev–Trinajstić information content (AvgIpc) is 2.90. The van der Waals surface area contributed by atoms with Crippen molar-refractivity contribution in [1.82, 2.24) is 10.0 Å². The molecular weight excluding hydrogens is 548 g/mol. The molecule has 0 bridgehead atoms. The molecule has 0 saturated heterocycles. The van der Waals surface area contributed by atoms with Gasteiger partial charge in [-0.3, -0.25) is 14.4 Å². The first kappa shape index (κ1) is 29.4. The van der Waals surface area contributed by atoms with Crippen molar-refractivity contribution in [2.75, 3.05) is 5.75 Å². The number of rotatable bonds is 13. The number of carbonyl (C=O) groups excluding carboxylic acids is 2. The number of amides is 1. The van der Waals surface area contributed by atoms with E-state index in [4.69, 9.17) is 5.11 Å². The number of thioether (sulfide) groups is 1. The van der Waals surface area contributed by atoms with Gasteiger partial charge in [0, 0.05) is 17.0 Å². The van der Waals surface area contributed by atoms with Gasteiger partial charge in [0.25, 0.3) is 5.91 Å². The summed E-state index contributed by atoms with van der Waals surface area (Å²) in [6, 6.07) is 16.4. The fraction of sp³-hybridized carbons (Fsp3) is 0.154. The van der Waals surface area contributed by atoms with Gasteiger partial charge in [-0.25, -0.2) is 17.9 Å². The fourth-order valence-electron chi connectivity index (χ4n) is 3.32. The van der Waals surface area contributed by atoms with Crippen molar-refractivity contribution in [3.05, 3.63) is 89.5 Å². The van der Waals surface area contributed by atoms with Gasteiger partial charge in [0.2, 0.25) is 10.0 Å². The Balaban J connectivity index is 1.62. The number of hydrogen-bond acceptors (Lipinski definition) is 8. The number of aromatic carboxylic acids is 1. The zero-order chi connectivity index (χ0) is 28.6. The maximum atomic E-state index is 12.7. The Hall–Kier alpha value is -4.20. The highest BCUT2D eigenvalue weighted by Crippen LogP contribution is 2.22. The van der Waals surface area contributed by atoms with Crippen molar-refractivity contribution in [1.29, 1.82) is 0 Å². The molecule has 0 radical (unpaired) electrons. The predicted molar refractivity (Wildman–Crippen MR) is 141 cm³/mol. The molecule has 0 aliphatic heterocycles. The molecule has 11 nitrogen and oxygen atoms in total. The molecule has 3 aromatic carbocycles. The number of hydrogen-bond donors (Lipinski definition) is 5. The third-order valence-electron chi connectivity index (χ3n) is 5.39. The summed E-state index contributed by atoms with van der Waals surface area (Å²) in [4.78, 5) is 48.2. The second-order valence-electron chi connectivity index (χ2n) is 8.20. The molecule has 39 heavy (non-hydrogen) atoms. The largest absolute Gasteiger partial charge is 0.507 e. The lowest BCUT2D eigenvalue weighted by Gasteiger charge is -2.16. The summed E-state index contributed by atoms with van der Waals surface area (Å²) in [6.45, 7) is -0.190. The van der Waals surface area contributed by atoms with Crippen molar-refractivity contribution < 1.29 is 42.9 Å². The number of phenols is 1. The molecule has 0 aliphatic carbocycles. The van der Waals surface area contributed by atoms with Crippen LogP contribution >= 0.6 is 11.8 Å². The highest BCUT2D eigenvalue weighted by Gasteiger charge is 2.24. The van der Waals surface area contributed by atoms with Crippen LogP contribution in [0.3, 0.4) is 0 Å². The van der Waals surface area contributed by atoms with Crippen LogP contribution in [0.5, 0.6) is 5.75 Å². The Bertz CT molecular complexity index is 1480. The lowest BCUT2D eigenvalue weighted by atomic mass is 10.1. The first-order chi connectivity index (χ1) is 18.5. The average molecular weight is 573 g/mol. The Morgan fingerprint density at radius 3 is 2.18 bits per heavy atom. The first-order valence-corrected chi connectivity index (χ1v) is 13.8. The van der Waals surface area contributed by atoms with Gasteiger partial charge in [-0.15, -0.1) is 11.8 Å². The van der Waals surface area contributed by atoms with Gasteiger partial charge in [0.15, 0.2) is 5.78 Å². The highest BCUT2D eigenvalue weighted by molar-refractivity contribution is 8.00. The van der Waals surface area contributed by atoms with Crippen LogP contribution in [0, 0.1) is 0 Å². The molecule has 1 atom stereocenters. The molecule has 0 heterocycles. The molecule has 3 rings (SSSR count). The van der Waals surface area contributed by atoms with Crippen molar-refractivity contribution in [2.45, 2.75) is 28.8 Å². The van der Waals surface area contributed by atoms with E-state index in [9.17, 15) is 37.8 Å². The van der Waals surface area contributed by atoms with Crippen LogP contribution in [-0.4, -0.2) is 59.2 Å². The molecule has 0 aliphatic rings. The van der Waals surface area contributed by atoms with Crippen LogP contribution in [0.1, 0.15) is 32.7 Å². The van der Waals surface area contributed by atoms with E-state index in [1.165, 1.54) is 36.0 Å². The Kier molecular flexibility index (Phi) is 9.82. The minimum absolute atomic E-state index is 0.0314. The molecule has 204 valence electrons. The number of benzene rings is 3. The second-order valence-corrected chi connectivity index (χ2v) is 11.0. The maximum Gasteiger partial charge on any atom is 0.339 e. The number of carbonyl (C=O) groups is 4. The zero-order valence-corrected chi connectivity index (χ0v) is 21.9. The van der Waals surface area contributed by atoms with Crippen molar-refractivity contribution >= 4 is 45.4 Å². The number of carboxylic acids is 2. The number of nitrogens with one attached hydrogen (secondary N) is 2. The summed E-state index contributed by atoms with van der Waals surface area (Å²) >= 11 is 1.23. The summed E-state index contributed by atoms with van der Waals surface area (Å²) in [5, 5.41) is 30.3. The van der Waals surface area contributed by atoms with E-state index < -0.39 is 57.4 Å². The van der Waals surface area contributed by atoms with Crippen molar-refractivity contribution in [3.63, 3.8) is 0 Å². The number of ketones is 1. The van der Waals surface area contributed by atoms with Gasteiger partial charge in [0.05, 0.1) is 23.1 Å². The standard InChI is InChI=1S/C26H24N2O9S2/c29-22-11-10-19(12-20(22)26(34)35)39(36,37)27-14-16-6-8-17(9-7-16)25(33)28-21(13-24(31)32)23(30)15-38-18-4-2-1-3-5-18/h1-12,21,27,29H,13-15H2,(H,28,33)(H,31,32)(H,34,35)/t21-/m0/s1. The second kappa shape index (κ2) is 13.0. The van der Waals surface area contributed by atoms with Crippen LogP contribution in [0.2, 0.25) is 0 Å². The molecule has 0 fully saturated rings. The normalized spacial score (nSPS) is 11.9. The summed E-state index contributed by atoms with van der Waals surface area (Å²) in [5.74, 6) is -4.46. The molecule has 0 aromatic heterocycles. The van der Waals surface area contributed by atoms with E-state index in [-0.39, 0.29) is 22.8 Å². The van der Waals surface area contributed by atoms with Crippen LogP contribution in [0.4, 0.5) is 0 Å². The van der Waals surface area contributed by atoms with Gasteiger partial charge in [-0.05, 0) is 48.0 Å². The zero-order valence-electron chi connectivity index (χ0n) is 20.2. The third-order valence-corrected chi connectivity index (χ3v) is 7.82. The van der Waals surface area contributed by atoms with Gasteiger partial charge in [-0.2, -0.15) is 0 Å². The molecule has 3 aromatic rings. The van der Waals surface area contributed by atoms with Gasteiger partial charge in [-0.1, -0.05) is 30.3 Å². The van der Waals surface area contributed by atoms with E-state index in [0.29, 0.717) is 5.56 Å². The smallest absolute Gasteiger partial charge is 0.339 e. The van der Waals surface area contributed by atoms with Crippen LogP contribution in [0.15, 0.2) is 82.6 Å². The molecule has 0 unspecified atom stereocenters. The van der Waals surface area contributed by atoms with E-state index >= 15 is 0 Å². The predicted octanol–water partition coefficient (Wildman–Crippen LogP) is 2.50. The number of carboxylic acid groups (broad SMARTS) is 2. The number of sulfonamides is 1. The minimum atomic E-state index is -4.12. The van der Waals surface area contributed by atoms with Gasteiger partial charge < -0.3 is 20.6 Å². The van der Waals surface area contributed by atoms with Crippen LogP contribution in [0.25, 0.3) is 0 Å². The summed E-state index contributed by atoms with van der Waals surface area (Å²) in [5.41, 5.74) is 0.0292. The monoisotopic (exact) mass is 572 g/mol. The van der Waals surface area contributed by atoms with Gasteiger partial charge in [0.1, 0.15) is 11.3 Å². The number of aliphatic carboxylic acids is 1. The van der Waals surface area contributed by atoms with E-state index in [1.54, 1.807) is 12.1 Å². The quantitative estimate of drug-likeness (QED) is 0.190.